The highest BCUT2D eigenvalue weighted by Crippen LogP contribution is 2.50. The van der Waals surface area contributed by atoms with Crippen LogP contribution >= 0.6 is 0 Å². The van der Waals surface area contributed by atoms with Gasteiger partial charge >= 0.3 is 6.18 Å². The topological polar surface area (TPSA) is 54.5 Å². The molecule has 1 saturated heterocycles. The minimum atomic E-state index is -4.08. The molecule has 2 atom stereocenters. The van der Waals surface area contributed by atoms with Gasteiger partial charge in [0.1, 0.15) is 5.82 Å². The molecule has 5 nitrogen and oxygen atoms in total. The van der Waals surface area contributed by atoms with E-state index in [4.69, 9.17) is 4.74 Å². The summed E-state index contributed by atoms with van der Waals surface area (Å²) in [7, 11) is 0. The SMILES string of the molecule is Cc1cc2c(nc1N1CCC(OCC3C[C@@H]3C(F)(F)F)CC1)CNC2=O. The van der Waals surface area contributed by atoms with Crippen molar-refractivity contribution in [3.63, 3.8) is 0 Å². The number of nitrogens with zero attached hydrogens (tertiary/aromatic N) is 2. The maximum absolute atomic E-state index is 12.6. The predicted molar refractivity (Wildman–Crippen MR) is 89.0 cm³/mol. The van der Waals surface area contributed by atoms with Crippen molar-refractivity contribution in [2.24, 2.45) is 11.8 Å². The molecule has 1 unspecified atom stereocenters. The number of aromatic nitrogens is 1. The fourth-order valence-corrected chi connectivity index (χ4v) is 3.88. The van der Waals surface area contributed by atoms with Crippen LogP contribution in [0.1, 0.15) is 40.9 Å². The molecule has 26 heavy (non-hydrogen) atoms. The standard InChI is InChI=1S/C18H22F3N3O2/c1-10-6-13-15(8-22-17(13)25)23-16(10)24-4-2-12(3-5-24)26-9-11-7-14(11)18(19,20)21/h6,11-12,14H,2-5,7-9H2,1H3,(H,22,25)/t11?,14-/m0/s1. The number of hydrogen-bond donors (Lipinski definition) is 1. The van der Waals surface area contributed by atoms with Crippen molar-refractivity contribution in [1.82, 2.24) is 10.3 Å². The molecule has 1 amide bonds. The number of amides is 1. The van der Waals surface area contributed by atoms with Crippen molar-refractivity contribution < 1.29 is 22.7 Å². The van der Waals surface area contributed by atoms with Crippen LogP contribution in [0.25, 0.3) is 0 Å². The highest BCUT2D eigenvalue weighted by molar-refractivity contribution is 5.98. The zero-order valence-corrected chi connectivity index (χ0v) is 14.6. The Bertz CT molecular complexity index is 714. The van der Waals surface area contributed by atoms with E-state index >= 15 is 0 Å². The van der Waals surface area contributed by atoms with Crippen LogP contribution in [0.3, 0.4) is 0 Å². The summed E-state index contributed by atoms with van der Waals surface area (Å²) in [5.41, 5.74) is 2.39. The number of carbonyl (C=O) groups is 1. The fraction of sp³-hybridized carbons (Fsp3) is 0.667. The molecule has 3 aliphatic rings. The van der Waals surface area contributed by atoms with E-state index in [9.17, 15) is 18.0 Å². The first-order valence-electron chi connectivity index (χ1n) is 9.05. The van der Waals surface area contributed by atoms with Gasteiger partial charge in [-0.05, 0) is 43.7 Å². The number of anilines is 1. The third-order valence-corrected chi connectivity index (χ3v) is 5.56. The Morgan fingerprint density at radius 1 is 1.35 bits per heavy atom. The molecule has 4 rings (SSSR count). The summed E-state index contributed by atoms with van der Waals surface area (Å²) in [5, 5.41) is 2.78. The number of ether oxygens (including phenoxy) is 1. The molecule has 1 N–H and O–H groups in total. The molecule has 0 bridgehead atoms. The minimum absolute atomic E-state index is 0.0127. The number of pyridine rings is 1. The molecule has 1 aromatic rings. The van der Waals surface area contributed by atoms with E-state index in [2.05, 4.69) is 15.2 Å². The molecule has 1 aliphatic carbocycles. The van der Waals surface area contributed by atoms with Crippen molar-refractivity contribution in [2.75, 3.05) is 24.6 Å². The van der Waals surface area contributed by atoms with Gasteiger partial charge in [-0.15, -0.1) is 0 Å². The molecule has 3 heterocycles. The number of carbonyl (C=O) groups excluding carboxylic acids is 1. The van der Waals surface area contributed by atoms with E-state index in [1.54, 1.807) is 0 Å². The summed E-state index contributed by atoms with van der Waals surface area (Å²) in [6, 6.07) is 1.88. The first-order valence-corrected chi connectivity index (χ1v) is 9.05. The molecule has 0 spiro atoms. The highest BCUT2D eigenvalue weighted by Gasteiger charge is 2.55. The van der Waals surface area contributed by atoms with Gasteiger partial charge in [-0.3, -0.25) is 4.79 Å². The number of aryl methyl sites for hydroxylation is 1. The molecule has 8 heteroatoms. The Hall–Kier alpha value is -1.83. The van der Waals surface area contributed by atoms with Gasteiger partial charge in [-0.25, -0.2) is 4.98 Å². The lowest BCUT2D eigenvalue weighted by atomic mass is 10.1. The van der Waals surface area contributed by atoms with E-state index in [0.717, 1.165) is 43.0 Å². The lowest BCUT2D eigenvalue weighted by Gasteiger charge is -2.33. The molecule has 0 radical (unpaired) electrons. The van der Waals surface area contributed by atoms with E-state index in [1.165, 1.54) is 0 Å². The number of halogens is 3. The normalized spacial score (nSPS) is 26.0. The van der Waals surface area contributed by atoms with Gasteiger partial charge in [0.2, 0.25) is 0 Å². The second kappa shape index (κ2) is 6.40. The molecule has 2 aliphatic heterocycles. The number of rotatable bonds is 4. The van der Waals surface area contributed by atoms with E-state index < -0.39 is 12.1 Å². The van der Waals surface area contributed by atoms with Gasteiger partial charge in [0.15, 0.2) is 0 Å². The summed E-state index contributed by atoms with van der Waals surface area (Å²) < 4.78 is 43.4. The van der Waals surface area contributed by atoms with E-state index in [1.807, 2.05) is 13.0 Å². The maximum atomic E-state index is 12.6. The Kier molecular flexibility index (Phi) is 4.33. The van der Waals surface area contributed by atoms with Gasteiger partial charge in [0.25, 0.3) is 5.91 Å². The Balaban J connectivity index is 1.30. The monoisotopic (exact) mass is 369 g/mol. The third-order valence-electron chi connectivity index (χ3n) is 5.56. The van der Waals surface area contributed by atoms with Gasteiger partial charge in [0, 0.05) is 13.1 Å². The zero-order chi connectivity index (χ0) is 18.5. The second-order valence-electron chi connectivity index (χ2n) is 7.47. The molecule has 1 saturated carbocycles. The summed E-state index contributed by atoms with van der Waals surface area (Å²) in [6.45, 7) is 4.13. The van der Waals surface area contributed by atoms with E-state index in [-0.39, 0.29) is 31.0 Å². The summed E-state index contributed by atoms with van der Waals surface area (Å²) in [6.07, 6.45) is -2.31. The molecule has 0 aromatic carbocycles. The number of nitrogens with one attached hydrogen (secondary N) is 1. The van der Waals surface area contributed by atoms with Crippen molar-refractivity contribution in [3.05, 3.63) is 22.9 Å². The van der Waals surface area contributed by atoms with Crippen molar-refractivity contribution >= 4 is 11.7 Å². The predicted octanol–water partition coefficient (Wildman–Crippen LogP) is 2.82. The average molecular weight is 369 g/mol. The summed E-state index contributed by atoms with van der Waals surface area (Å²) in [4.78, 5) is 18.5. The maximum Gasteiger partial charge on any atom is 0.392 e. The smallest absolute Gasteiger partial charge is 0.378 e. The van der Waals surface area contributed by atoms with Gasteiger partial charge < -0.3 is 15.0 Å². The van der Waals surface area contributed by atoms with E-state index in [0.29, 0.717) is 12.1 Å². The summed E-state index contributed by atoms with van der Waals surface area (Å²) in [5.74, 6) is -0.722. The quantitative estimate of drug-likeness (QED) is 0.887. The lowest BCUT2D eigenvalue weighted by molar-refractivity contribution is -0.153. The number of fused-ring (bicyclic) bond motifs is 1. The highest BCUT2D eigenvalue weighted by atomic mass is 19.4. The number of alkyl halides is 3. The van der Waals surface area contributed by atoms with Gasteiger partial charge in [-0.2, -0.15) is 13.2 Å². The molecular weight excluding hydrogens is 347 g/mol. The second-order valence-corrected chi connectivity index (χ2v) is 7.47. The van der Waals surface area contributed by atoms with Crippen LogP contribution < -0.4 is 10.2 Å². The summed E-state index contributed by atoms with van der Waals surface area (Å²) >= 11 is 0. The lowest BCUT2D eigenvalue weighted by Crippen LogP contribution is -2.38. The molecule has 1 aromatic heterocycles. The molecular formula is C18H22F3N3O2. The first-order chi connectivity index (χ1) is 12.3. The largest absolute Gasteiger partial charge is 0.392 e. The Labute approximate surface area is 149 Å². The number of piperidine rings is 1. The Morgan fingerprint density at radius 2 is 2.08 bits per heavy atom. The Morgan fingerprint density at radius 3 is 2.73 bits per heavy atom. The average Bonchev–Trinajstić information content (AvgIpc) is 3.32. The van der Waals surface area contributed by atoms with Crippen LogP contribution in [0, 0.1) is 18.8 Å². The van der Waals surface area contributed by atoms with Crippen LogP contribution in [0.4, 0.5) is 19.0 Å². The van der Waals surface area contributed by atoms with Crippen LogP contribution in [0.5, 0.6) is 0 Å². The van der Waals surface area contributed by atoms with Crippen molar-refractivity contribution in [2.45, 2.75) is 45.0 Å². The zero-order valence-electron chi connectivity index (χ0n) is 14.6. The van der Waals surface area contributed by atoms with Gasteiger partial charge in [-0.1, -0.05) is 0 Å². The molecule has 2 fully saturated rings. The van der Waals surface area contributed by atoms with Gasteiger partial charge in [0.05, 0.1) is 36.4 Å². The first kappa shape index (κ1) is 17.6. The van der Waals surface area contributed by atoms with Crippen LogP contribution in [-0.4, -0.2) is 42.9 Å². The van der Waals surface area contributed by atoms with Crippen LogP contribution in [0.15, 0.2) is 6.07 Å². The van der Waals surface area contributed by atoms with Crippen LogP contribution in [-0.2, 0) is 11.3 Å². The van der Waals surface area contributed by atoms with Crippen molar-refractivity contribution in [3.8, 4) is 0 Å². The fourth-order valence-electron chi connectivity index (χ4n) is 3.88. The van der Waals surface area contributed by atoms with Crippen LogP contribution in [0.2, 0.25) is 0 Å². The van der Waals surface area contributed by atoms with Crippen molar-refractivity contribution in [1.29, 1.82) is 0 Å². The number of hydrogen-bond acceptors (Lipinski definition) is 4. The minimum Gasteiger partial charge on any atom is -0.378 e. The molecule has 142 valence electrons. The third kappa shape index (κ3) is 3.39.